The Hall–Kier alpha value is -1.39. The smallest absolute Gasteiger partial charge is 0.225 e. The van der Waals surface area contributed by atoms with E-state index in [0.717, 1.165) is 5.69 Å². The van der Waals surface area contributed by atoms with Crippen molar-refractivity contribution in [1.82, 2.24) is 5.32 Å². The summed E-state index contributed by atoms with van der Waals surface area (Å²) in [7, 11) is 0. The van der Waals surface area contributed by atoms with E-state index in [0.29, 0.717) is 13.0 Å². The van der Waals surface area contributed by atoms with Gasteiger partial charge in [-0.15, -0.1) is 0 Å². The fourth-order valence-electron chi connectivity index (χ4n) is 1.64. The lowest BCUT2D eigenvalue weighted by molar-refractivity contribution is -0.116. The minimum Gasteiger partial charge on any atom is -0.392 e. The number of aliphatic hydroxyl groups is 1. The van der Waals surface area contributed by atoms with Crippen LogP contribution in [-0.2, 0) is 4.79 Å². The molecule has 106 valence electrons. The van der Waals surface area contributed by atoms with Gasteiger partial charge in [-0.2, -0.15) is 0 Å². The molecule has 0 heterocycles. The second kappa shape index (κ2) is 7.92. The van der Waals surface area contributed by atoms with Crippen LogP contribution in [0, 0.1) is 5.92 Å². The quantitative estimate of drug-likeness (QED) is 0.706. The molecule has 1 aromatic rings. The second-order valence-electron chi connectivity index (χ2n) is 5.24. The fraction of sp³-hybridized carbons (Fsp3) is 0.533. The Balaban J connectivity index is 2.28. The van der Waals surface area contributed by atoms with Gasteiger partial charge in [0.25, 0.3) is 0 Å². The average molecular weight is 264 g/mol. The van der Waals surface area contributed by atoms with Crippen molar-refractivity contribution in [1.29, 1.82) is 0 Å². The van der Waals surface area contributed by atoms with Gasteiger partial charge in [-0.25, -0.2) is 0 Å². The molecule has 0 bridgehead atoms. The van der Waals surface area contributed by atoms with Crippen LogP contribution < -0.4 is 10.6 Å². The lowest BCUT2D eigenvalue weighted by Crippen LogP contribution is -2.38. The molecule has 1 amide bonds. The Morgan fingerprint density at radius 2 is 1.84 bits per heavy atom. The van der Waals surface area contributed by atoms with Gasteiger partial charge in [-0.05, 0) is 25.0 Å². The van der Waals surface area contributed by atoms with Crippen molar-refractivity contribution in [3.63, 3.8) is 0 Å². The number of nitrogens with one attached hydrogen (secondary N) is 2. The Morgan fingerprint density at radius 1 is 1.21 bits per heavy atom. The Labute approximate surface area is 115 Å². The summed E-state index contributed by atoms with van der Waals surface area (Å²) in [6.45, 7) is 6.40. The largest absolute Gasteiger partial charge is 0.392 e. The zero-order chi connectivity index (χ0) is 14.3. The molecule has 0 saturated heterocycles. The van der Waals surface area contributed by atoms with Crippen molar-refractivity contribution >= 4 is 11.6 Å². The first-order valence-corrected chi connectivity index (χ1v) is 6.75. The van der Waals surface area contributed by atoms with Crippen molar-refractivity contribution in [2.45, 2.75) is 39.3 Å². The zero-order valence-electron chi connectivity index (χ0n) is 11.9. The number of hydrogen-bond donors (Lipinski definition) is 3. The van der Waals surface area contributed by atoms with Gasteiger partial charge in [0.05, 0.1) is 6.10 Å². The maximum atomic E-state index is 11.8. The SMILES string of the molecule is CC(CC(=O)Nc1ccccc1)NCC(O)C(C)C. The normalized spacial score (nSPS) is 14.2. The molecule has 0 aromatic heterocycles. The summed E-state index contributed by atoms with van der Waals surface area (Å²) >= 11 is 0. The molecule has 0 fully saturated rings. The number of benzene rings is 1. The first kappa shape index (κ1) is 15.7. The number of rotatable bonds is 7. The van der Waals surface area contributed by atoms with Crippen molar-refractivity contribution in [2.24, 2.45) is 5.92 Å². The van der Waals surface area contributed by atoms with Crippen LogP contribution in [0.25, 0.3) is 0 Å². The molecule has 2 unspecified atom stereocenters. The molecule has 0 saturated carbocycles. The molecule has 0 aliphatic carbocycles. The van der Waals surface area contributed by atoms with E-state index in [-0.39, 0.29) is 24.0 Å². The first-order valence-electron chi connectivity index (χ1n) is 6.75. The molecule has 19 heavy (non-hydrogen) atoms. The molecule has 0 spiro atoms. The predicted octanol–water partition coefficient (Wildman–Crippen LogP) is 2.01. The standard InChI is InChI=1S/C15H24N2O2/c1-11(2)14(18)10-16-12(3)9-15(19)17-13-7-5-4-6-8-13/h4-8,11-12,14,16,18H,9-10H2,1-3H3,(H,17,19). The van der Waals surface area contributed by atoms with Gasteiger partial charge in [-0.3, -0.25) is 4.79 Å². The van der Waals surface area contributed by atoms with Crippen LogP contribution in [0.15, 0.2) is 30.3 Å². The van der Waals surface area contributed by atoms with Crippen molar-refractivity contribution in [3.8, 4) is 0 Å². The summed E-state index contributed by atoms with van der Waals surface area (Å²) in [4.78, 5) is 11.8. The van der Waals surface area contributed by atoms with E-state index in [1.807, 2.05) is 51.1 Å². The average Bonchev–Trinajstić information content (AvgIpc) is 2.36. The lowest BCUT2D eigenvalue weighted by atomic mass is 10.1. The molecule has 0 aliphatic rings. The number of para-hydroxylation sites is 1. The number of carbonyl (C=O) groups is 1. The van der Waals surface area contributed by atoms with E-state index < -0.39 is 0 Å². The number of carbonyl (C=O) groups excluding carboxylic acids is 1. The second-order valence-corrected chi connectivity index (χ2v) is 5.24. The van der Waals surface area contributed by atoms with Gasteiger partial charge in [0.1, 0.15) is 0 Å². The Kier molecular flexibility index (Phi) is 6.53. The third-order valence-electron chi connectivity index (χ3n) is 2.99. The third-order valence-corrected chi connectivity index (χ3v) is 2.99. The molecule has 0 radical (unpaired) electrons. The highest BCUT2D eigenvalue weighted by Crippen LogP contribution is 2.06. The molecule has 4 nitrogen and oxygen atoms in total. The van der Waals surface area contributed by atoms with E-state index in [2.05, 4.69) is 10.6 Å². The van der Waals surface area contributed by atoms with E-state index in [4.69, 9.17) is 0 Å². The summed E-state index contributed by atoms with van der Waals surface area (Å²) in [6, 6.07) is 9.44. The van der Waals surface area contributed by atoms with Crippen molar-refractivity contribution in [3.05, 3.63) is 30.3 Å². The predicted molar refractivity (Wildman–Crippen MR) is 78.0 cm³/mol. The number of amides is 1. The minimum atomic E-state index is -0.375. The zero-order valence-corrected chi connectivity index (χ0v) is 11.9. The highest BCUT2D eigenvalue weighted by atomic mass is 16.3. The van der Waals surface area contributed by atoms with Crippen molar-refractivity contribution in [2.75, 3.05) is 11.9 Å². The van der Waals surface area contributed by atoms with Gasteiger partial charge in [-0.1, -0.05) is 32.0 Å². The first-order chi connectivity index (χ1) is 8.99. The van der Waals surface area contributed by atoms with Gasteiger partial charge >= 0.3 is 0 Å². The van der Waals surface area contributed by atoms with E-state index in [1.54, 1.807) is 0 Å². The monoisotopic (exact) mass is 264 g/mol. The number of hydrogen-bond acceptors (Lipinski definition) is 3. The van der Waals surface area contributed by atoms with Crippen LogP contribution in [0.3, 0.4) is 0 Å². The fourth-order valence-corrected chi connectivity index (χ4v) is 1.64. The number of anilines is 1. The Morgan fingerprint density at radius 3 is 2.42 bits per heavy atom. The van der Waals surface area contributed by atoms with Gasteiger partial charge in [0.15, 0.2) is 0 Å². The maximum absolute atomic E-state index is 11.8. The highest BCUT2D eigenvalue weighted by molar-refractivity contribution is 5.90. The van der Waals surface area contributed by atoms with E-state index in [9.17, 15) is 9.90 Å². The minimum absolute atomic E-state index is 0.0229. The molecule has 1 rings (SSSR count). The van der Waals surface area contributed by atoms with Crippen LogP contribution in [0.2, 0.25) is 0 Å². The molecule has 4 heteroatoms. The van der Waals surface area contributed by atoms with Crippen molar-refractivity contribution < 1.29 is 9.90 Å². The molecular formula is C15H24N2O2. The maximum Gasteiger partial charge on any atom is 0.225 e. The summed E-state index contributed by atoms with van der Waals surface area (Å²) in [5, 5.41) is 15.7. The molecule has 1 aromatic carbocycles. The number of aliphatic hydroxyl groups excluding tert-OH is 1. The Bertz CT molecular complexity index is 379. The molecular weight excluding hydrogens is 240 g/mol. The van der Waals surface area contributed by atoms with Gasteiger partial charge < -0.3 is 15.7 Å². The van der Waals surface area contributed by atoms with Crippen LogP contribution in [0.4, 0.5) is 5.69 Å². The topological polar surface area (TPSA) is 61.4 Å². The van der Waals surface area contributed by atoms with Crippen LogP contribution >= 0.6 is 0 Å². The summed E-state index contributed by atoms with van der Waals surface area (Å²) in [6.07, 6.45) is 0.0133. The molecule has 2 atom stereocenters. The highest BCUT2D eigenvalue weighted by Gasteiger charge is 2.13. The third kappa shape index (κ3) is 6.36. The molecule has 3 N–H and O–H groups in total. The van der Waals surface area contributed by atoms with E-state index >= 15 is 0 Å². The van der Waals surface area contributed by atoms with Gasteiger partial charge in [0.2, 0.25) is 5.91 Å². The van der Waals surface area contributed by atoms with E-state index in [1.165, 1.54) is 0 Å². The van der Waals surface area contributed by atoms with Gasteiger partial charge in [0, 0.05) is 24.7 Å². The summed E-state index contributed by atoms with van der Waals surface area (Å²) in [5.74, 6) is 0.197. The summed E-state index contributed by atoms with van der Waals surface area (Å²) in [5.41, 5.74) is 0.807. The summed E-state index contributed by atoms with van der Waals surface area (Å²) < 4.78 is 0. The van der Waals surface area contributed by atoms with Crippen LogP contribution in [-0.4, -0.2) is 29.7 Å². The van der Waals surface area contributed by atoms with Crippen LogP contribution in [0.1, 0.15) is 27.2 Å². The molecule has 0 aliphatic heterocycles. The van der Waals surface area contributed by atoms with Crippen LogP contribution in [0.5, 0.6) is 0 Å². The lowest BCUT2D eigenvalue weighted by Gasteiger charge is -2.19.